The average molecular weight is 666 g/mol. The van der Waals surface area contributed by atoms with Crippen molar-refractivity contribution in [3.63, 3.8) is 0 Å². The maximum atomic E-state index is 5.36. The van der Waals surface area contributed by atoms with Gasteiger partial charge in [0.25, 0.3) is 0 Å². The second kappa shape index (κ2) is 11.8. The lowest BCUT2D eigenvalue weighted by atomic mass is 9.82. The first-order valence-corrected chi connectivity index (χ1v) is 17.9. The first-order chi connectivity index (χ1) is 25.5. The first kappa shape index (κ1) is 30.3. The van der Waals surface area contributed by atoms with Crippen molar-refractivity contribution >= 4 is 21.8 Å². The molecule has 3 nitrogen and oxygen atoms in total. The molecular weight excluding hydrogens is 631 g/mol. The van der Waals surface area contributed by atoms with E-state index in [1.54, 1.807) is 0 Å². The van der Waals surface area contributed by atoms with Crippen LogP contribution in [-0.2, 0) is 5.41 Å². The van der Waals surface area contributed by atoms with Crippen molar-refractivity contribution in [2.75, 3.05) is 0 Å². The molecule has 0 fully saturated rings. The van der Waals surface area contributed by atoms with Gasteiger partial charge in [-0.25, -0.2) is 9.97 Å². The highest BCUT2D eigenvalue weighted by molar-refractivity contribution is 6.11. The summed E-state index contributed by atoms with van der Waals surface area (Å²) < 4.78 is 2.27. The van der Waals surface area contributed by atoms with Crippen LogP contribution in [-0.4, -0.2) is 14.5 Å². The van der Waals surface area contributed by atoms with Crippen LogP contribution in [0, 0.1) is 0 Å². The molecule has 0 amide bonds. The fraction of sp³-hybridized carbons (Fsp3) is 0.0612. The molecule has 1 aliphatic rings. The summed E-state index contributed by atoms with van der Waals surface area (Å²) in [5, 5.41) is 2.41. The summed E-state index contributed by atoms with van der Waals surface area (Å²) in [7, 11) is 0. The zero-order chi connectivity index (χ0) is 34.8. The Morgan fingerprint density at radius 2 is 0.885 bits per heavy atom. The van der Waals surface area contributed by atoms with Gasteiger partial charge < -0.3 is 0 Å². The number of fused-ring (bicyclic) bond motifs is 6. The Morgan fingerprint density at radius 1 is 0.385 bits per heavy atom. The van der Waals surface area contributed by atoms with Gasteiger partial charge in [-0.05, 0) is 68.8 Å². The summed E-state index contributed by atoms with van der Waals surface area (Å²) in [4.78, 5) is 10.7. The molecular formula is C49H35N3. The minimum absolute atomic E-state index is 0.0925. The zero-order valence-corrected chi connectivity index (χ0v) is 29.1. The summed E-state index contributed by atoms with van der Waals surface area (Å²) in [5.74, 6) is 0.656. The van der Waals surface area contributed by atoms with Gasteiger partial charge in [-0.15, -0.1) is 0 Å². The van der Waals surface area contributed by atoms with Gasteiger partial charge in [-0.1, -0.05) is 166 Å². The van der Waals surface area contributed by atoms with Gasteiger partial charge in [-0.2, -0.15) is 0 Å². The molecule has 2 aromatic heterocycles. The predicted molar refractivity (Wildman–Crippen MR) is 216 cm³/mol. The van der Waals surface area contributed by atoms with Gasteiger partial charge in [-0.3, -0.25) is 4.57 Å². The third-order valence-electron chi connectivity index (χ3n) is 10.9. The lowest BCUT2D eigenvalue weighted by molar-refractivity contribution is 0.661. The van der Waals surface area contributed by atoms with E-state index in [1.807, 2.05) is 0 Å². The standard InChI is InChI=1S/C49H35N3/c1-49(2)42-19-11-9-17-38(42)40-30-47-41(29-43(40)49)39-18-10-12-20-46(39)52(47)48-50-44(36-25-21-34(22-26-36)32-13-5-3-6-14-32)31-45(51-48)37-27-23-35(24-28-37)33-15-7-4-8-16-33/h3-31H,1-2H3. The number of aromatic nitrogens is 3. The van der Waals surface area contributed by atoms with E-state index in [9.17, 15) is 0 Å². The van der Waals surface area contributed by atoms with E-state index in [0.29, 0.717) is 5.95 Å². The van der Waals surface area contributed by atoms with Crippen LogP contribution in [0.3, 0.4) is 0 Å². The second-order valence-corrected chi connectivity index (χ2v) is 14.3. The second-order valence-electron chi connectivity index (χ2n) is 14.3. The van der Waals surface area contributed by atoms with Crippen LogP contribution >= 0.6 is 0 Å². The van der Waals surface area contributed by atoms with Crippen molar-refractivity contribution in [2.45, 2.75) is 19.3 Å². The highest BCUT2D eigenvalue weighted by atomic mass is 15.2. The number of rotatable bonds is 5. The van der Waals surface area contributed by atoms with Crippen LogP contribution in [0.5, 0.6) is 0 Å². The fourth-order valence-corrected chi connectivity index (χ4v) is 8.14. The van der Waals surface area contributed by atoms with Crippen LogP contribution in [0.25, 0.3) is 83.6 Å². The molecule has 0 atom stereocenters. The van der Waals surface area contributed by atoms with Crippen LogP contribution < -0.4 is 0 Å². The molecule has 246 valence electrons. The van der Waals surface area contributed by atoms with E-state index in [2.05, 4.69) is 194 Å². The number of para-hydroxylation sites is 1. The monoisotopic (exact) mass is 665 g/mol. The summed E-state index contributed by atoms with van der Waals surface area (Å²) in [6, 6.07) is 62.9. The Labute approximate surface area is 303 Å². The van der Waals surface area contributed by atoms with Crippen molar-refractivity contribution in [1.82, 2.24) is 14.5 Å². The normalized spacial score (nSPS) is 13.0. The summed E-state index contributed by atoms with van der Waals surface area (Å²) in [5.41, 5.74) is 16.0. The highest BCUT2D eigenvalue weighted by Crippen LogP contribution is 2.51. The maximum Gasteiger partial charge on any atom is 0.235 e. The Kier molecular flexibility index (Phi) is 6.84. The molecule has 0 spiro atoms. The Balaban J connectivity index is 1.19. The van der Waals surface area contributed by atoms with Crippen LogP contribution in [0.15, 0.2) is 176 Å². The molecule has 7 aromatic carbocycles. The van der Waals surface area contributed by atoms with E-state index in [4.69, 9.17) is 9.97 Å². The van der Waals surface area contributed by atoms with Gasteiger partial charge in [0.2, 0.25) is 5.95 Å². The number of hydrogen-bond acceptors (Lipinski definition) is 2. The van der Waals surface area contributed by atoms with Gasteiger partial charge in [0.1, 0.15) is 0 Å². The lowest BCUT2D eigenvalue weighted by Crippen LogP contribution is -2.14. The molecule has 3 heteroatoms. The minimum atomic E-state index is -0.0925. The summed E-state index contributed by atoms with van der Waals surface area (Å²) in [6.45, 7) is 4.68. The molecule has 0 bridgehead atoms. The average Bonchev–Trinajstić information content (AvgIpc) is 3.65. The van der Waals surface area contributed by atoms with Gasteiger partial charge in [0.15, 0.2) is 0 Å². The molecule has 0 radical (unpaired) electrons. The van der Waals surface area contributed by atoms with E-state index in [1.165, 1.54) is 55.3 Å². The van der Waals surface area contributed by atoms with Crippen molar-refractivity contribution in [2.24, 2.45) is 0 Å². The molecule has 0 saturated heterocycles. The maximum absolute atomic E-state index is 5.36. The summed E-state index contributed by atoms with van der Waals surface area (Å²) in [6.07, 6.45) is 0. The molecule has 0 aliphatic heterocycles. The third kappa shape index (κ3) is 4.81. The van der Waals surface area contributed by atoms with Gasteiger partial charge in [0.05, 0.1) is 22.4 Å². The van der Waals surface area contributed by atoms with E-state index >= 15 is 0 Å². The van der Waals surface area contributed by atoms with Crippen molar-refractivity contribution in [3.05, 3.63) is 187 Å². The van der Waals surface area contributed by atoms with Crippen molar-refractivity contribution < 1.29 is 0 Å². The highest BCUT2D eigenvalue weighted by Gasteiger charge is 2.36. The SMILES string of the molecule is CC1(C)c2ccccc2-c2cc3c(cc21)c1ccccc1n3-c1nc(-c2ccc(-c3ccccc3)cc2)cc(-c2ccc(-c3ccccc3)cc2)n1. The van der Waals surface area contributed by atoms with E-state index < -0.39 is 0 Å². The number of nitrogens with zero attached hydrogens (tertiary/aromatic N) is 3. The van der Waals surface area contributed by atoms with Crippen LogP contribution in [0.1, 0.15) is 25.0 Å². The number of benzene rings is 7. The molecule has 10 rings (SSSR count). The van der Waals surface area contributed by atoms with Gasteiger partial charge >= 0.3 is 0 Å². The quantitative estimate of drug-likeness (QED) is 0.183. The van der Waals surface area contributed by atoms with Crippen LogP contribution in [0.4, 0.5) is 0 Å². The Hall–Kier alpha value is -6.58. The van der Waals surface area contributed by atoms with Crippen LogP contribution in [0.2, 0.25) is 0 Å². The topological polar surface area (TPSA) is 30.7 Å². The largest absolute Gasteiger partial charge is 0.278 e. The first-order valence-electron chi connectivity index (χ1n) is 17.9. The predicted octanol–water partition coefficient (Wildman–Crippen LogP) is 12.5. The Morgan fingerprint density at radius 3 is 1.50 bits per heavy atom. The molecule has 9 aromatic rings. The Bertz CT molecular complexity index is 2670. The minimum Gasteiger partial charge on any atom is -0.278 e. The molecule has 1 aliphatic carbocycles. The molecule has 0 saturated carbocycles. The van der Waals surface area contributed by atoms with E-state index in [0.717, 1.165) is 33.5 Å². The summed E-state index contributed by atoms with van der Waals surface area (Å²) >= 11 is 0. The van der Waals surface area contributed by atoms with Crippen molar-refractivity contribution in [3.8, 4) is 61.8 Å². The fourth-order valence-electron chi connectivity index (χ4n) is 8.14. The molecule has 52 heavy (non-hydrogen) atoms. The zero-order valence-electron chi connectivity index (χ0n) is 29.1. The van der Waals surface area contributed by atoms with E-state index in [-0.39, 0.29) is 5.41 Å². The lowest BCUT2D eigenvalue weighted by Gasteiger charge is -2.21. The molecule has 0 unspecified atom stereocenters. The molecule has 0 N–H and O–H groups in total. The number of hydrogen-bond donors (Lipinski definition) is 0. The third-order valence-corrected chi connectivity index (χ3v) is 10.9. The smallest absolute Gasteiger partial charge is 0.235 e. The van der Waals surface area contributed by atoms with Gasteiger partial charge in [0, 0.05) is 27.3 Å². The van der Waals surface area contributed by atoms with Crippen molar-refractivity contribution in [1.29, 1.82) is 0 Å². The molecule has 2 heterocycles.